The van der Waals surface area contributed by atoms with Crippen molar-refractivity contribution in [1.82, 2.24) is 14.9 Å². The molecule has 0 aliphatic heterocycles. The van der Waals surface area contributed by atoms with Crippen LogP contribution in [0.2, 0.25) is 0 Å². The minimum absolute atomic E-state index is 0.419. The van der Waals surface area contributed by atoms with Crippen LogP contribution in [-0.4, -0.2) is 20.8 Å². The summed E-state index contributed by atoms with van der Waals surface area (Å²) in [6.45, 7) is 0.495. The molecule has 0 N–H and O–H groups in total. The monoisotopic (exact) mass is 473 g/mol. The van der Waals surface area contributed by atoms with Crippen LogP contribution in [-0.2, 0) is 6.54 Å². The van der Waals surface area contributed by atoms with E-state index in [-0.39, 0.29) is 0 Å². The number of nitrogens with zero attached hydrogens (tertiary/aromatic N) is 5. The predicted octanol–water partition coefficient (Wildman–Crippen LogP) is 4.60. The molecule has 0 aliphatic rings. The first-order valence-corrected chi connectivity index (χ1v) is 10.1. The minimum atomic E-state index is -0.419. The Morgan fingerprint density at radius 2 is 1.74 bits per heavy atom. The molecule has 1 aromatic heterocycles. The van der Waals surface area contributed by atoms with E-state index in [4.69, 9.17) is 10.00 Å². The third-order valence-electron chi connectivity index (χ3n) is 4.52. The number of anilines is 1. The summed E-state index contributed by atoms with van der Waals surface area (Å²) in [5.74, 6) is 0.0181. The molecule has 0 saturated heterocycles. The lowest BCUT2D eigenvalue weighted by Crippen LogP contribution is -2.27. The Morgan fingerprint density at radius 1 is 1.03 bits per heavy atom. The van der Waals surface area contributed by atoms with Crippen LogP contribution in [0.15, 0.2) is 89.9 Å². The maximum atomic E-state index is 12.3. The van der Waals surface area contributed by atoms with Gasteiger partial charge in [-0.15, -0.1) is 10.2 Å². The lowest BCUT2D eigenvalue weighted by molar-refractivity contribution is 0.0733. The topological polar surface area (TPSA) is 84.0 Å². The second kappa shape index (κ2) is 9.24. The molecule has 7 nitrogen and oxygen atoms in total. The van der Waals surface area contributed by atoms with Crippen molar-refractivity contribution in [3.8, 4) is 11.8 Å². The van der Waals surface area contributed by atoms with Crippen LogP contribution in [0.5, 0.6) is 5.75 Å². The SMILES string of the molecule is N#Cc1ccc(N(Cc2ccc(OC(=O)c3ccccc3)c(Br)c2)n2cnnc2)cc1. The highest BCUT2D eigenvalue weighted by atomic mass is 79.9. The minimum Gasteiger partial charge on any atom is -0.422 e. The second-order valence-corrected chi connectivity index (χ2v) is 7.43. The van der Waals surface area contributed by atoms with Crippen molar-refractivity contribution in [1.29, 1.82) is 5.26 Å². The van der Waals surface area contributed by atoms with Crippen LogP contribution in [0.1, 0.15) is 21.5 Å². The van der Waals surface area contributed by atoms with Gasteiger partial charge in [0.05, 0.1) is 33.9 Å². The van der Waals surface area contributed by atoms with Gasteiger partial charge in [0, 0.05) is 0 Å². The molecule has 4 rings (SSSR count). The maximum Gasteiger partial charge on any atom is 0.343 e. The predicted molar refractivity (Wildman–Crippen MR) is 118 cm³/mol. The smallest absolute Gasteiger partial charge is 0.343 e. The van der Waals surface area contributed by atoms with E-state index < -0.39 is 5.97 Å². The first-order chi connectivity index (χ1) is 15.1. The third-order valence-corrected chi connectivity index (χ3v) is 5.14. The van der Waals surface area contributed by atoms with E-state index in [1.165, 1.54) is 0 Å². The number of ether oxygens (including phenoxy) is 1. The summed E-state index contributed by atoms with van der Waals surface area (Å²) in [7, 11) is 0. The number of hydrogen-bond acceptors (Lipinski definition) is 6. The van der Waals surface area contributed by atoms with Crippen molar-refractivity contribution in [2.75, 3.05) is 5.01 Å². The largest absolute Gasteiger partial charge is 0.422 e. The fourth-order valence-electron chi connectivity index (χ4n) is 2.97. The molecule has 3 aromatic carbocycles. The van der Waals surface area contributed by atoms with E-state index in [1.54, 1.807) is 59.8 Å². The molecule has 0 saturated carbocycles. The normalized spacial score (nSPS) is 10.3. The first kappa shape index (κ1) is 20.3. The van der Waals surface area contributed by atoms with E-state index in [0.29, 0.717) is 27.9 Å². The van der Waals surface area contributed by atoms with Crippen molar-refractivity contribution in [2.45, 2.75) is 6.54 Å². The van der Waals surface area contributed by atoms with E-state index in [0.717, 1.165) is 11.3 Å². The number of halogens is 1. The zero-order chi connectivity index (χ0) is 21.6. The van der Waals surface area contributed by atoms with Crippen molar-refractivity contribution in [3.63, 3.8) is 0 Å². The number of esters is 1. The van der Waals surface area contributed by atoms with Crippen LogP contribution >= 0.6 is 15.9 Å². The lowest BCUT2D eigenvalue weighted by Gasteiger charge is -2.25. The molecule has 152 valence electrons. The van der Waals surface area contributed by atoms with Crippen LogP contribution in [0.3, 0.4) is 0 Å². The summed E-state index contributed by atoms with van der Waals surface area (Å²) in [5.41, 5.74) is 2.90. The van der Waals surface area contributed by atoms with Gasteiger partial charge < -0.3 is 4.74 Å². The number of carbonyl (C=O) groups is 1. The van der Waals surface area contributed by atoms with Crippen LogP contribution in [0.4, 0.5) is 5.69 Å². The lowest BCUT2D eigenvalue weighted by atomic mass is 10.2. The Balaban J connectivity index is 1.56. The Hall–Kier alpha value is -3.96. The van der Waals surface area contributed by atoms with Crippen LogP contribution in [0, 0.1) is 11.3 Å². The Labute approximate surface area is 187 Å². The number of nitriles is 1. The quantitative estimate of drug-likeness (QED) is 0.300. The highest BCUT2D eigenvalue weighted by molar-refractivity contribution is 9.10. The van der Waals surface area contributed by atoms with Crippen LogP contribution < -0.4 is 9.75 Å². The van der Waals surface area contributed by atoms with Crippen molar-refractivity contribution in [3.05, 3.63) is 107 Å². The van der Waals surface area contributed by atoms with E-state index in [2.05, 4.69) is 32.2 Å². The maximum absolute atomic E-state index is 12.3. The van der Waals surface area contributed by atoms with Gasteiger partial charge in [0.1, 0.15) is 18.4 Å². The fraction of sp³-hybridized carbons (Fsp3) is 0.0435. The average Bonchev–Trinajstić information content (AvgIpc) is 3.34. The van der Waals surface area contributed by atoms with E-state index in [9.17, 15) is 4.79 Å². The standard InChI is InChI=1S/C23H16BrN5O2/c24-21-12-18(8-11-22(21)31-23(30)19-4-2-1-3-5-19)14-29(28-15-26-27-16-28)20-9-6-17(13-25)7-10-20/h1-12,15-16H,14H2. The third kappa shape index (κ3) is 4.79. The number of rotatable bonds is 6. The zero-order valence-corrected chi connectivity index (χ0v) is 17.8. The van der Waals surface area contributed by atoms with Gasteiger partial charge in [-0.3, -0.25) is 5.01 Å². The summed E-state index contributed by atoms with van der Waals surface area (Å²) in [6, 6.07) is 23.7. The molecule has 0 amide bonds. The highest BCUT2D eigenvalue weighted by Crippen LogP contribution is 2.28. The van der Waals surface area contributed by atoms with E-state index in [1.807, 2.05) is 35.3 Å². The summed E-state index contributed by atoms with van der Waals surface area (Å²) in [6.07, 6.45) is 3.20. The summed E-state index contributed by atoms with van der Waals surface area (Å²) in [5, 5.41) is 18.8. The molecule has 0 aliphatic carbocycles. The molecular weight excluding hydrogens is 458 g/mol. The molecule has 0 unspecified atom stereocenters. The summed E-state index contributed by atoms with van der Waals surface area (Å²) < 4.78 is 7.95. The molecule has 4 aromatic rings. The Bertz CT molecular complexity index is 1220. The van der Waals surface area contributed by atoms with Gasteiger partial charge in [0.25, 0.3) is 0 Å². The van der Waals surface area contributed by atoms with Crippen molar-refractivity contribution < 1.29 is 9.53 Å². The van der Waals surface area contributed by atoms with Gasteiger partial charge in [-0.25, -0.2) is 9.47 Å². The average molecular weight is 474 g/mol. The first-order valence-electron chi connectivity index (χ1n) is 9.32. The highest BCUT2D eigenvalue weighted by Gasteiger charge is 2.14. The fourth-order valence-corrected chi connectivity index (χ4v) is 3.47. The molecule has 8 heteroatoms. The van der Waals surface area contributed by atoms with Crippen LogP contribution in [0.25, 0.3) is 0 Å². The van der Waals surface area contributed by atoms with Gasteiger partial charge in [-0.1, -0.05) is 24.3 Å². The number of carbonyl (C=O) groups excluding carboxylic acids is 1. The van der Waals surface area contributed by atoms with E-state index >= 15 is 0 Å². The number of benzene rings is 3. The molecule has 0 bridgehead atoms. The Kier molecular flexibility index (Phi) is 6.05. The molecule has 31 heavy (non-hydrogen) atoms. The van der Waals surface area contributed by atoms with Gasteiger partial charge in [0.15, 0.2) is 0 Å². The second-order valence-electron chi connectivity index (χ2n) is 6.58. The number of hydrogen-bond donors (Lipinski definition) is 0. The van der Waals surface area contributed by atoms with Crippen molar-refractivity contribution in [2.24, 2.45) is 0 Å². The van der Waals surface area contributed by atoms with Crippen molar-refractivity contribution >= 4 is 27.6 Å². The molecular formula is C23H16BrN5O2. The van der Waals surface area contributed by atoms with Gasteiger partial charge in [-0.05, 0) is 70.0 Å². The molecule has 0 spiro atoms. The molecule has 0 radical (unpaired) electrons. The molecule has 1 heterocycles. The number of aromatic nitrogens is 3. The van der Waals surface area contributed by atoms with Gasteiger partial charge >= 0.3 is 5.97 Å². The summed E-state index contributed by atoms with van der Waals surface area (Å²) in [4.78, 5) is 12.3. The molecule has 0 atom stereocenters. The zero-order valence-electron chi connectivity index (χ0n) is 16.2. The molecule has 0 fully saturated rings. The van der Waals surface area contributed by atoms with Gasteiger partial charge in [0.2, 0.25) is 0 Å². The summed E-state index contributed by atoms with van der Waals surface area (Å²) >= 11 is 3.50. The van der Waals surface area contributed by atoms with Gasteiger partial charge in [-0.2, -0.15) is 5.26 Å². The Morgan fingerprint density at radius 3 is 2.39 bits per heavy atom.